The average Bonchev–Trinajstić information content (AvgIpc) is 2.94. The average molecular weight is 619 g/mol. The molecule has 0 unspecified atom stereocenters. The van der Waals surface area contributed by atoms with E-state index >= 15 is 0 Å². The summed E-state index contributed by atoms with van der Waals surface area (Å²) in [5.74, 6) is -1.69. The number of amides is 2. The molecule has 0 N–H and O–H groups in total. The van der Waals surface area contributed by atoms with Gasteiger partial charge in [-0.25, -0.2) is 25.4 Å². The third-order valence-corrected chi connectivity index (χ3v) is 9.32. The minimum absolute atomic E-state index is 0.196. The van der Waals surface area contributed by atoms with Crippen LogP contribution >= 0.6 is 0 Å². The fourth-order valence-electron chi connectivity index (χ4n) is 3.91. The van der Waals surface area contributed by atoms with Crippen molar-refractivity contribution >= 4 is 54.6 Å². The highest BCUT2D eigenvalue weighted by Gasteiger charge is 2.34. The maximum absolute atomic E-state index is 13.5. The lowest BCUT2D eigenvalue weighted by Gasteiger charge is -2.25. The summed E-state index contributed by atoms with van der Waals surface area (Å²) in [5.41, 5.74) is -1.44. The molecular formula is C26H26N4O10S2. The molecule has 0 radical (unpaired) electrons. The van der Waals surface area contributed by atoms with Crippen molar-refractivity contribution in [1.82, 2.24) is 0 Å². The Balaban J connectivity index is 2.14. The number of nitro benzene ring substituents is 2. The van der Waals surface area contributed by atoms with E-state index in [2.05, 4.69) is 0 Å². The van der Waals surface area contributed by atoms with Crippen molar-refractivity contribution in [2.75, 3.05) is 8.61 Å². The van der Waals surface area contributed by atoms with Gasteiger partial charge in [-0.2, -0.15) is 0 Å². The molecular weight excluding hydrogens is 592 g/mol. The first-order valence-electron chi connectivity index (χ1n) is 12.5. The molecule has 0 bridgehead atoms. The molecule has 14 nitrogen and oxygen atoms in total. The molecule has 0 saturated heterocycles. The molecule has 0 aliphatic carbocycles. The number of rotatable bonds is 12. The topological polar surface area (TPSA) is 195 Å². The summed E-state index contributed by atoms with van der Waals surface area (Å²) in [7, 11) is -9.31. The van der Waals surface area contributed by atoms with Gasteiger partial charge in [-0.1, -0.05) is 26.0 Å². The number of anilines is 2. The predicted molar refractivity (Wildman–Crippen MR) is 152 cm³/mol. The highest BCUT2D eigenvalue weighted by atomic mass is 32.2. The van der Waals surface area contributed by atoms with Crippen LogP contribution in [0.5, 0.6) is 0 Å². The number of nitrogens with zero attached hydrogens (tertiary/aromatic N) is 4. The summed E-state index contributed by atoms with van der Waals surface area (Å²) in [6, 6.07) is 12.8. The fraction of sp³-hybridized carbons (Fsp3) is 0.231. The first-order valence-corrected chi connectivity index (χ1v) is 15.4. The van der Waals surface area contributed by atoms with Crippen molar-refractivity contribution in [3.63, 3.8) is 0 Å². The van der Waals surface area contributed by atoms with Crippen LogP contribution in [0.4, 0.5) is 22.7 Å². The summed E-state index contributed by atoms with van der Waals surface area (Å²) in [5, 5.41) is 22.4. The van der Waals surface area contributed by atoms with Crippen LogP contribution < -0.4 is 8.61 Å². The highest BCUT2D eigenvalue weighted by Crippen LogP contribution is 2.32. The normalized spacial score (nSPS) is 11.5. The summed E-state index contributed by atoms with van der Waals surface area (Å²) in [6.45, 7) is 3.30. The number of hydrogen-bond donors (Lipinski definition) is 0. The van der Waals surface area contributed by atoms with Crippen molar-refractivity contribution in [3.8, 4) is 0 Å². The van der Waals surface area contributed by atoms with Crippen molar-refractivity contribution in [2.45, 2.75) is 49.3 Å². The molecule has 222 valence electrons. The molecule has 3 rings (SSSR count). The highest BCUT2D eigenvalue weighted by molar-refractivity contribution is 7.94. The molecule has 3 aromatic carbocycles. The van der Waals surface area contributed by atoms with E-state index in [0.29, 0.717) is 8.61 Å². The van der Waals surface area contributed by atoms with Gasteiger partial charge in [-0.05, 0) is 49.2 Å². The minimum Gasteiger partial charge on any atom is -0.273 e. The van der Waals surface area contributed by atoms with Crippen LogP contribution in [0.3, 0.4) is 0 Å². The van der Waals surface area contributed by atoms with Crippen LogP contribution in [0.15, 0.2) is 82.6 Å². The van der Waals surface area contributed by atoms with Crippen molar-refractivity contribution in [3.05, 3.63) is 93.0 Å². The van der Waals surface area contributed by atoms with E-state index in [-0.39, 0.29) is 37.1 Å². The zero-order valence-electron chi connectivity index (χ0n) is 22.4. The largest absolute Gasteiger partial charge is 0.273 e. The Morgan fingerprint density at radius 1 is 0.643 bits per heavy atom. The second-order valence-electron chi connectivity index (χ2n) is 8.85. The Kier molecular flexibility index (Phi) is 9.75. The quantitative estimate of drug-likeness (QED) is 0.205. The van der Waals surface area contributed by atoms with E-state index in [0.717, 1.165) is 72.8 Å². The number of carbonyl (C=O) groups excluding carboxylic acids is 2. The van der Waals surface area contributed by atoms with E-state index in [9.17, 15) is 46.7 Å². The van der Waals surface area contributed by atoms with Crippen molar-refractivity contribution in [1.29, 1.82) is 0 Å². The van der Waals surface area contributed by atoms with Gasteiger partial charge in [-0.15, -0.1) is 0 Å². The van der Waals surface area contributed by atoms with Gasteiger partial charge in [-0.3, -0.25) is 29.8 Å². The summed E-state index contributed by atoms with van der Waals surface area (Å²) < 4.78 is 55.1. The molecule has 3 aromatic rings. The van der Waals surface area contributed by atoms with Gasteiger partial charge < -0.3 is 0 Å². The lowest BCUT2D eigenvalue weighted by atomic mass is 10.2. The fourth-order valence-corrected chi connectivity index (χ4v) is 6.89. The number of non-ortho nitro benzene ring substituents is 2. The van der Waals surface area contributed by atoms with Crippen LogP contribution in [0.25, 0.3) is 0 Å². The number of carbonyl (C=O) groups is 2. The second kappa shape index (κ2) is 12.9. The Morgan fingerprint density at radius 2 is 0.976 bits per heavy atom. The maximum atomic E-state index is 13.5. The molecule has 2 amide bonds. The van der Waals surface area contributed by atoms with E-state index in [1.54, 1.807) is 13.8 Å². The van der Waals surface area contributed by atoms with Crippen molar-refractivity contribution < 1.29 is 36.3 Å². The number of sulfonamides is 2. The lowest BCUT2D eigenvalue weighted by Crippen LogP contribution is -2.38. The maximum Gasteiger partial charge on any atom is 0.271 e. The Hall–Kier alpha value is -4.70. The molecule has 0 saturated carbocycles. The molecule has 42 heavy (non-hydrogen) atoms. The van der Waals surface area contributed by atoms with E-state index in [1.807, 2.05) is 0 Å². The first kappa shape index (κ1) is 31.8. The number of hydrogen-bond acceptors (Lipinski definition) is 10. The van der Waals surface area contributed by atoms with Crippen LogP contribution in [-0.2, 0) is 29.6 Å². The zero-order valence-corrected chi connectivity index (χ0v) is 24.1. The van der Waals surface area contributed by atoms with Gasteiger partial charge in [0, 0.05) is 37.1 Å². The number of benzene rings is 3. The molecule has 16 heteroatoms. The van der Waals surface area contributed by atoms with Gasteiger partial charge in [0.1, 0.15) is 0 Å². The monoisotopic (exact) mass is 618 g/mol. The molecule has 0 aliphatic rings. The molecule has 0 heterocycles. The van der Waals surface area contributed by atoms with Gasteiger partial charge in [0.2, 0.25) is 11.8 Å². The second-order valence-corrected chi connectivity index (χ2v) is 12.4. The Morgan fingerprint density at radius 3 is 1.26 bits per heavy atom. The first-order chi connectivity index (χ1) is 19.7. The Bertz CT molecular complexity index is 1610. The van der Waals surface area contributed by atoms with Gasteiger partial charge in [0.25, 0.3) is 31.4 Å². The van der Waals surface area contributed by atoms with Crippen LogP contribution in [0, 0.1) is 20.2 Å². The molecule has 0 atom stereocenters. The summed E-state index contributed by atoms with van der Waals surface area (Å²) in [6.07, 6.45) is 0.160. The SMILES string of the molecule is CCCC(=O)N(c1ccc(N(C(=O)CCC)S(=O)(=O)c2cccc([N+](=O)[O-])c2)cc1)S(=O)(=O)c1cccc([N+](=O)[O-])c1. The predicted octanol–water partition coefficient (Wildman–Crippen LogP) is 4.55. The van der Waals surface area contributed by atoms with Crippen LogP contribution in [0.2, 0.25) is 0 Å². The zero-order chi connectivity index (χ0) is 31.2. The standard InChI is InChI=1S/C26H26N4O10S2/c1-3-7-25(31)27(41(37,38)23-11-5-9-21(17-23)29(33)34)19-13-15-20(16-14-19)28(26(32)8-4-2)42(39,40)24-12-6-10-22(18-24)30(35)36/h5-6,9-18H,3-4,7-8H2,1-2H3. The van der Waals surface area contributed by atoms with Gasteiger partial charge in [0.15, 0.2) is 0 Å². The van der Waals surface area contributed by atoms with E-state index in [4.69, 9.17) is 0 Å². The third-order valence-electron chi connectivity index (χ3n) is 5.83. The molecule has 0 spiro atoms. The van der Waals surface area contributed by atoms with E-state index in [1.165, 1.54) is 0 Å². The Labute approximate surface area is 241 Å². The minimum atomic E-state index is -4.66. The van der Waals surface area contributed by atoms with Crippen molar-refractivity contribution in [2.24, 2.45) is 0 Å². The molecule has 0 aromatic heterocycles. The molecule has 0 fully saturated rings. The van der Waals surface area contributed by atoms with Gasteiger partial charge >= 0.3 is 0 Å². The number of nitro groups is 2. The summed E-state index contributed by atoms with van der Waals surface area (Å²) in [4.78, 5) is 45.9. The smallest absolute Gasteiger partial charge is 0.271 e. The van der Waals surface area contributed by atoms with Gasteiger partial charge in [0.05, 0.1) is 31.0 Å². The van der Waals surface area contributed by atoms with Crippen LogP contribution in [0.1, 0.15) is 39.5 Å². The molecule has 0 aliphatic heterocycles. The lowest BCUT2D eigenvalue weighted by molar-refractivity contribution is -0.385. The third kappa shape index (κ3) is 6.60. The van der Waals surface area contributed by atoms with E-state index < -0.39 is 62.9 Å². The summed E-state index contributed by atoms with van der Waals surface area (Å²) >= 11 is 0. The van der Waals surface area contributed by atoms with Crippen LogP contribution in [-0.4, -0.2) is 38.5 Å².